The molecule has 0 spiro atoms. The van der Waals surface area contributed by atoms with Gasteiger partial charge in [-0.3, -0.25) is 9.78 Å². The standard InChI is InChI=1S/C11H8FNO2/c1-7-4-8(6-15-7)11(14)9-2-3-13-5-10(9)12/h2-6H,1H3. The molecule has 2 aromatic heterocycles. The minimum atomic E-state index is -0.624. The van der Waals surface area contributed by atoms with Crippen LogP contribution < -0.4 is 0 Å². The number of aromatic nitrogens is 1. The summed E-state index contributed by atoms with van der Waals surface area (Å²) in [6.45, 7) is 1.72. The number of ketones is 1. The van der Waals surface area contributed by atoms with Crippen LogP contribution in [0.25, 0.3) is 0 Å². The summed E-state index contributed by atoms with van der Waals surface area (Å²) in [5, 5.41) is 0. The summed E-state index contributed by atoms with van der Waals surface area (Å²) < 4.78 is 18.2. The maximum absolute atomic E-state index is 13.2. The van der Waals surface area contributed by atoms with Crippen LogP contribution >= 0.6 is 0 Å². The van der Waals surface area contributed by atoms with Crippen LogP contribution in [0.15, 0.2) is 35.2 Å². The molecule has 0 aliphatic heterocycles. The van der Waals surface area contributed by atoms with E-state index in [1.165, 1.54) is 18.5 Å². The molecule has 4 heteroatoms. The first-order chi connectivity index (χ1) is 7.18. The summed E-state index contributed by atoms with van der Waals surface area (Å²) in [6, 6.07) is 2.92. The molecule has 0 aromatic carbocycles. The van der Waals surface area contributed by atoms with E-state index in [1.54, 1.807) is 13.0 Å². The average molecular weight is 205 g/mol. The van der Waals surface area contributed by atoms with Gasteiger partial charge < -0.3 is 4.42 Å². The molecule has 0 atom stereocenters. The summed E-state index contributed by atoms with van der Waals surface area (Å²) >= 11 is 0. The number of pyridine rings is 1. The smallest absolute Gasteiger partial charge is 0.199 e. The summed E-state index contributed by atoms with van der Waals surface area (Å²) in [7, 11) is 0. The molecule has 15 heavy (non-hydrogen) atoms. The summed E-state index contributed by atoms with van der Waals surface area (Å²) in [6.07, 6.45) is 3.71. The van der Waals surface area contributed by atoms with Gasteiger partial charge in [0.05, 0.1) is 17.3 Å². The Bertz CT molecular complexity index is 505. The Kier molecular flexibility index (Phi) is 2.33. The second-order valence-corrected chi connectivity index (χ2v) is 3.13. The summed E-state index contributed by atoms with van der Waals surface area (Å²) in [4.78, 5) is 15.3. The first kappa shape index (κ1) is 9.58. The normalized spacial score (nSPS) is 10.3. The van der Waals surface area contributed by atoms with Crippen molar-refractivity contribution in [3.05, 3.63) is 53.5 Å². The van der Waals surface area contributed by atoms with E-state index in [2.05, 4.69) is 4.98 Å². The van der Waals surface area contributed by atoms with Gasteiger partial charge in [-0.2, -0.15) is 0 Å². The van der Waals surface area contributed by atoms with Gasteiger partial charge in [-0.25, -0.2) is 4.39 Å². The van der Waals surface area contributed by atoms with E-state index < -0.39 is 11.6 Å². The monoisotopic (exact) mass is 205 g/mol. The minimum absolute atomic E-state index is 0.00537. The predicted octanol–water partition coefficient (Wildman–Crippen LogP) is 2.35. The zero-order valence-corrected chi connectivity index (χ0v) is 8.03. The van der Waals surface area contributed by atoms with Crippen molar-refractivity contribution >= 4 is 5.78 Å². The maximum atomic E-state index is 13.2. The third-order valence-corrected chi connectivity index (χ3v) is 2.01. The molecule has 0 aliphatic carbocycles. The molecule has 0 fully saturated rings. The number of nitrogens with zero attached hydrogens (tertiary/aromatic N) is 1. The van der Waals surface area contributed by atoms with Gasteiger partial charge in [0.25, 0.3) is 0 Å². The van der Waals surface area contributed by atoms with Crippen LogP contribution in [0.2, 0.25) is 0 Å². The van der Waals surface area contributed by atoms with Crippen molar-refractivity contribution in [3.8, 4) is 0 Å². The van der Waals surface area contributed by atoms with E-state index >= 15 is 0 Å². The van der Waals surface area contributed by atoms with E-state index in [1.807, 2.05) is 0 Å². The predicted molar refractivity (Wildman–Crippen MR) is 51.1 cm³/mol. The molecule has 0 aliphatic rings. The average Bonchev–Trinajstić information content (AvgIpc) is 2.65. The van der Waals surface area contributed by atoms with Crippen LogP contribution in [-0.2, 0) is 0 Å². The second kappa shape index (κ2) is 3.65. The first-order valence-electron chi connectivity index (χ1n) is 4.38. The zero-order valence-electron chi connectivity index (χ0n) is 8.03. The van der Waals surface area contributed by atoms with Crippen molar-refractivity contribution in [3.63, 3.8) is 0 Å². The van der Waals surface area contributed by atoms with Gasteiger partial charge in [0.1, 0.15) is 12.0 Å². The minimum Gasteiger partial charge on any atom is -0.469 e. The maximum Gasteiger partial charge on any atom is 0.199 e. The summed E-state index contributed by atoms with van der Waals surface area (Å²) in [5.41, 5.74) is 0.350. The highest BCUT2D eigenvalue weighted by atomic mass is 19.1. The molecule has 76 valence electrons. The molecule has 2 rings (SSSR count). The molecule has 3 nitrogen and oxygen atoms in total. The van der Waals surface area contributed by atoms with Crippen molar-refractivity contribution in [1.82, 2.24) is 4.98 Å². The van der Waals surface area contributed by atoms with Gasteiger partial charge in [0, 0.05) is 6.20 Å². The Morgan fingerprint density at radius 1 is 1.53 bits per heavy atom. The molecule has 0 amide bonds. The lowest BCUT2D eigenvalue weighted by atomic mass is 10.1. The zero-order chi connectivity index (χ0) is 10.8. The third-order valence-electron chi connectivity index (χ3n) is 2.01. The van der Waals surface area contributed by atoms with Crippen molar-refractivity contribution in [2.75, 3.05) is 0 Å². The molecule has 0 radical (unpaired) electrons. The number of hydrogen-bond donors (Lipinski definition) is 0. The Morgan fingerprint density at radius 2 is 2.33 bits per heavy atom. The lowest BCUT2D eigenvalue weighted by molar-refractivity contribution is 0.103. The lowest BCUT2D eigenvalue weighted by Crippen LogP contribution is -2.03. The second-order valence-electron chi connectivity index (χ2n) is 3.13. The molecule has 0 saturated carbocycles. The van der Waals surface area contributed by atoms with Gasteiger partial charge in [0.2, 0.25) is 0 Å². The lowest BCUT2D eigenvalue weighted by Gasteiger charge is -1.97. The van der Waals surface area contributed by atoms with Gasteiger partial charge in [-0.1, -0.05) is 0 Å². The number of halogens is 1. The van der Waals surface area contributed by atoms with Crippen LogP contribution in [0, 0.1) is 12.7 Å². The van der Waals surface area contributed by atoms with Crippen molar-refractivity contribution in [1.29, 1.82) is 0 Å². The molecule has 0 N–H and O–H groups in total. The molecular formula is C11H8FNO2. The fourth-order valence-corrected chi connectivity index (χ4v) is 1.28. The third kappa shape index (κ3) is 1.79. The van der Waals surface area contributed by atoms with Crippen LogP contribution in [0.5, 0.6) is 0 Å². The Labute approximate surface area is 85.6 Å². The molecule has 0 unspecified atom stereocenters. The van der Waals surface area contributed by atoms with E-state index in [0.717, 1.165) is 6.20 Å². The molecule has 2 aromatic rings. The van der Waals surface area contributed by atoms with Crippen LogP contribution in [-0.4, -0.2) is 10.8 Å². The molecule has 2 heterocycles. The Balaban J connectivity index is 2.41. The Morgan fingerprint density at radius 3 is 2.93 bits per heavy atom. The largest absolute Gasteiger partial charge is 0.469 e. The van der Waals surface area contributed by atoms with Crippen LogP contribution in [0.1, 0.15) is 21.7 Å². The van der Waals surface area contributed by atoms with E-state index in [0.29, 0.717) is 11.3 Å². The highest BCUT2D eigenvalue weighted by Gasteiger charge is 2.15. The van der Waals surface area contributed by atoms with Gasteiger partial charge in [-0.15, -0.1) is 0 Å². The van der Waals surface area contributed by atoms with E-state index in [9.17, 15) is 9.18 Å². The topological polar surface area (TPSA) is 43.1 Å². The van der Waals surface area contributed by atoms with Gasteiger partial charge in [-0.05, 0) is 19.1 Å². The van der Waals surface area contributed by atoms with Crippen LogP contribution in [0.4, 0.5) is 4.39 Å². The number of aryl methyl sites for hydroxylation is 1. The highest BCUT2D eigenvalue weighted by molar-refractivity contribution is 6.08. The Hall–Kier alpha value is -1.97. The number of furan rings is 1. The summed E-state index contributed by atoms with van der Waals surface area (Å²) in [5.74, 6) is -0.402. The molecule has 0 bridgehead atoms. The van der Waals surface area contributed by atoms with Gasteiger partial charge >= 0.3 is 0 Å². The number of hydrogen-bond acceptors (Lipinski definition) is 3. The quantitative estimate of drug-likeness (QED) is 0.707. The van der Waals surface area contributed by atoms with Crippen molar-refractivity contribution in [2.45, 2.75) is 6.92 Å². The SMILES string of the molecule is Cc1cc(C(=O)c2ccncc2F)co1. The number of carbonyl (C=O) groups excluding carboxylic acids is 1. The first-order valence-corrected chi connectivity index (χ1v) is 4.38. The highest BCUT2D eigenvalue weighted by Crippen LogP contribution is 2.14. The molecule has 0 saturated heterocycles. The van der Waals surface area contributed by atoms with E-state index in [-0.39, 0.29) is 5.56 Å². The van der Waals surface area contributed by atoms with Crippen molar-refractivity contribution in [2.24, 2.45) is 0 Å². The molecular weight excluding hydrogens is 197 g/mol. The van der Waals surface area contributed by atoms with Crippen molar-refractivity contribution < 1.29 is 13.6 Å². The number of rotatable bonds is 2. The number of carbonyl (C=O) groups is 1. The fraction of sp³-hybridized carbons (Fsp3) is 0.0909. The fourth-order valence-electron chi connectivity index (χ4n) is 1.28. The van der Waals surface area contributed by atoms with Crippen LogP contribution in [0.3, 0.4) is 0 Å². The van der Waals surface area contributed by atoms with E-state index in [4.69, 9.17) is 4.42 Å². The van der Waals surface area contributed by atoms with Gasteiger partial charge in [0.15, 0.2) is 11.6 Å².